The van der Waals surface area contributed by atoms with Gasteiger partial charge >= 0.3 is 5.97 Å². The van der Waals surface area contributed by atoms with Crippen molar-refractivity contribution in [3.8, 4) is 5.75 Å². The van der Waals surface area contributed by atoms with Crippen molar-refractivity contribution in [2.45, 2.75) is 0 Å². The van der Waals surface area contributed by atoms with Crippen LogP contribution in [0.3, 0.4) is 0 Å². The number of carboxylic acids is 1. The lowest BCUT2D eigenvalue weighted by atomic mass is 10.2. The number of anilines is 1. The number of rotatable bonds is 6. The molecule has 6 nitrogen and oxygen atoms in total. The van der Waals surface area contributed by atoms with Gasteiger partial charge in [0.1, 0.15) is 6.61 Å². The van der Waals surface area contributed by atoms with Crippen molar-refractivity contribution >= 4 is 23.3 Å². The van der Waals surface area contributed by atoms with E-state index in [-0.39, 0.29) is 10.8 Å². The number of hydrogen-bond acceptors (Lipinski definition) is 5. The first-order valence-electron chi connectivity index (χ1n) is 5.20. The molecule has 0 saturated carbocycles. The van der Waals surface area contributed by atoms with Crippen molar-refractivity contribution in [3.63, 3.8) is 0 Å². The summed E-state index contributed by atoms with van der Waals surface area (Å²) < 4.78 is 10.2. The van der Waals surface area contributed by atoms with Gasteiger partial charge < -0.3 is 19.5 Å². The Morgan fingerprint density at radius 2 is 2.17 bits per heavy atom. The molecular formula is C11H15ClN2O4. The zero-order valence-electron chi connectivity index (χ0n) is 10.4. The number of hydrogen-bond donors (Lipinski definition) is 1. The fourth-order valence-corrected chi connectivity index (χ4v) is 1.49. The van der Waals surface area contributed by atoms with Crippen LogP contribution in [0.25, 0.3) is 0 Å². The van der Waals surface area contributed by atoms with Crippen LogP contribution in [-0.4, -0.2) is 50.5 Å². The molecule has 0 saturated heterocycles. The van der Waals surface area contributed by atoms with E-state index in [0.717, 1.165) is 0 Å². The van der Waals surface area contributed by atoms with Crippen molar-refractivity contribution in [2.75, 3.05) is 39.3 Å². The maximum Gasteiger partial charge on any atom is 0.356 e. The molecule has 0 radical (unpaired) electrons. The second-order valence-electron chi connectivity index (χ2n) is 3.69. The molecule has 0 aliphatic carbocycles. The molecule has 0 unspecified atom stereocenters. The summed E-state index contributed by atoms with van der Waals surface area (Å²) in [5.41, 5.74) is 0.323. The quantitative estimate of drug-likeness (QED) is 0.626. The number of methoxy groups -OCH3 is 1. The van der Waals surface area contributed by atoms with Crippen LogP contribution in [0.1, 0.15) is 10.5 Å². The average Bonchev–Trinajstić information content (AvgIpc) is 2.30. The lowest BCUT2D eigenvalue weighted by Gasteiger charge is -2.17. The normalized spacial score (nSPS) is 10.2. The summed E-state index contributed by atoms with van der Waals surface area (Å²) in [7, 11) is 4.99. The first-order chi connectivity index (χ1) is 8.47. The molecule has 0 bridgehead atoms. The van der Waals surface area contributed by atoms with Gasteiger partial charge in [-0.05, 0) is 0 Å². The van der Waals surface area contributed by atoms with E-state index in [2.05, 4.69) is 4.98 Å². The highest BCUT2D eigenvalue weighted by atomic mass is 35.5. The molecule has 100 valence electrons. The topological polar surface area (TPSA) is 71.9 Å². The minimum atomic E-state index is -1.14. The third-order valence-corrected chi connectivity index (χ3v) is 2.42. The minimum absolute atomic E-state index is 0.0223. The number of aromatic nitrogens is 1. The largest absolute Gasteiger partial charge is 0.488 e. The van der Waals surface area contributed by atoms with Gasteiger partial charge in [-0.25, -0.2) is 9.78 Å². The molecule has 1 aromatic heterocycles. The average molecular weight is 275 g/mol. The van der Waals surface area contributed by atoms with Crippen LogP contribution in [-0.2, 0) is 4.74 Å². The molecule has 18 heavy (non-hydrogen) atoms. The Bertz CT molecular complexity index is 437. The number of ether oxygens (including phenoxy) is 2. The lowest BCUT2D eigenvalue weighted by molar-refractivity contribution is 0.0691. The predicted octanol–water partition coefficient (Wildman–Crippen LogP) is 1.52. The van der Waals surface area contributed by atoms with Gasteiger partial charge in [0.05, 0.1) is 12.3 Å². The molecule has 1 rings (SSSR count). The van der Waals surface area contributed by atoms with Crippen molar-refractivity contribution in [1.29, 1.82) is 0 Å². The summed E-state index contributed by atoms with van der Waals surface area (Å²) in [6.45, 7) is 0.728. The zero-order chi connectivity index (χ0) is 13.7. The first-order valence-corrected chi connectivity index (χ1v) is 5.58. The Morgan fingerprint density at radius 3 is 2.67 bits per heavy atom. The van der Waals surface area contributed by atoms with Gasteiger partial charge in [-0.2, -0.15) is 0 Å². The van der Waals surface area contributed by atoms with E-state index in [4.69, 9.17) is 26.2 Å². The van der Waals surface area contributed by atoms with Crippen molar-refractivity contribution in [2.24, 2.45) is 0 Å². The molecule has 0 atom stereocenters. The molecule has 0 fully saturated rings. The van der Waals surface area contributed by atoms with Crippen LogP contribution < -0.4 is 9.64 Å². The Hall–Kier alpha value is -1.53. The molecule has 1 heterocycles. The van der Waals surface area contributed by atoms with E-state index < -0.39 is 5.97 Å². The van der Waals surface area contributed by atoms with Gasteiger partial charge in [0.2, 0.25) is 0 Å². The van der Waals surface area contributed by atoms with Gasteiger partial charge in [0.25, 0.3) is 0 Å². The van der Waals surface area contributed by atoms with Crippen LogP contribution >= 0.6 is 11.6 Å². The van der Waals surface area contributed by atoms with Crippen LogP contribution in [0.5, 0.6) is 5.75 Å². The van der Waals surface area contributed by atoms with E-state index in [1.807, 2.05) is 0 Å². The predicted molar refractivity (Wildman–Crippen MR) is 67.9 cm³/mol. The number of carboxylic acid groups (broad SMARTS) is 1. The summed E-state index contributed by atoms with van der Waals surface area (Å²) in [4.78, 5) is 16.5. The molecule has 1 N–H and O–H groups in total. The Morgan fingerprint density at radius 1 is 1.50 bits per heavy atom. The van der Waals surface area contributed by atoms with E-state index >= 15 is 0 Å². The number of carbonyl (C=O) groups is 1. The van der Waals surface area contributed by atoms with Crippen LogP contribution in [0, 0.1) is 0 Å². The molecule has 0 amide bonds. The SMILES string of the molecule is COCCOc1cc(N(C)C)c(C(=O)O)nc1Cl. The van der Waals surface area contributed by atoms with Crippen molar-refractivity contribution in [3.05, 3.63) is 16.9 Å². The fourth-order valence-electron chi connectivity index (χ4n) is 1.30. The third kappa shape index (κ3) is 3.48. The number of nitrogens with zero attached hydrogens (tertiary/aromatic N) is 2. The summed E-state index contributed by atoms with van der Waals surface area (Å²) in [5.74, 6) is -0.800. The summed E-state index contributed by atoms with van der Waals surface area (Å²) in [6.07, 6.45) is 0. The molecule has 0 aliphatic rings. The molecule has 0 aliphatic heterocycles. The second-order valence-corrected chi connectivity index (χ2v) is 4.04. The molecule has 7 heteroatoms. The smallest absolute Gasteiger partial charge is 0.356 e. The minimum Gasteiger partial charge on any atom is -0.488 e. The summed E-state index contributed by atoms with van der Waals surface area (Å²) in [6, 6.07) is 1.55. The number of halogens is 1. The molecule has 0 aromatic carbocycles. The maximum atomic E-state index is 11.0. The van der Waals surface area contributed by atoms with E-state index in [1.165, 1.54) is 0 Å². The highest BCUT2D eigenvalue weighted by Gasteiger charge is 2.18. The van der Waals surface area contributed by atoms with Gasteiger partial charge in [-0.15, -0.1) is 0 Å². The van der Waals surface area contributed by atoms with Crippen LogP contribution in [0.2, 0.25) is 5.15 Å². The fraction of sp³-hybridized carbons (Fsp3) is 0.455. The van der Waals surface area contributed by atoms with E-state index in [9.17, 15) is 4.79 Å². The zero-order valence-corrected chi connectivity index (χ0v) is 11.2. The number of aromatic carboxylic acids is 1. The first kappa shape index (κ1) is 14.5. The highest BCUT2D eigenvalue weighted by Crippen LogP contribution is 2.29. The Labute approximate surface area is 110 Å². The standard InChI is InChI=1S/C11H15ClN2O4/c1-14(2)7-6-8(18-5-4-17-3)10(12)13-9(7)11(15)16/h6H,4-5H2,1-3H3,(H,15,16). The Kier molecular flexibility index (Phi) is 5.18. The van der Waals surface area contributed by atoms with E-state index in [1.54, 1.807) is 32.2 Å². The molecule has 1 aromatic rings. The number of pyridine rings is 1. The van der Waals surface area contributed by atoms with Gasteiger partial charge in [-0.3, -0.25) is 0 Å². The Balaban J connectivity index is 3.07. The molecular weight excluding hydrogens is 260 g/mol. The summed E-state index contributed by atoms with van der Waals surface area (Å²) >= 11 is 5.87. The van der Waals surface area contributed by atoms with Gasteiger partial charge in [0.15, 0.2) is 16.6 Å². The van der Waals surface area contributed by atoms with Gasteiger partial charge in [0, 0.05) is 27.3 Å². The van der Waals surface area contributed by atoms with Crippen LogP contribution in [0.15, 0.2) is 6.07 Å². The maximum absolute atomic E-state index is 11.0. The third-order valence-electron chi connectivity index (χ3n) is 2.15. The van der Waals surface area contributed by atoms with Crippen molar-refractivity contribution in [1.82, 2.24) is 4.98 Å². The second kappa shape index (κ2) is 6.42. The lowest BCUT2D eigenvalue weighted by Crippen LogP contribution is -2.16. The monoisotopic (exact) mass is 274 g/mol. The van der Waals surface area contributed by atoms with Crippen molar-refractivity contribution < 1.29 is 19.4 Å². The van der Waals surface area contributed by atoms with E-state index in [0.29, 0.717) is 24.7 Å². The van der Waals surface area contributed by atoms with Crippen LogP contribution in [0.4, 0.5) is 5.69 Å². The molecule has 0 spiro atoms. The highest BCUT2D eigenvalue weighted by molar-refractivity contribution is 6.31. The summed E-state index contributed by atoms with van der Waals surface area (Å²) in [5, 5.41) is 9.06. The van der Waals surface area contributed by atoms with Gasteiger partial charge in [-0.1, -0.05) is 11.6 Å².